The predicted molar refractivity (Wildman–Crippen MR) is 123 cm³/mol. The van der Waals surface area contributed by atoms with Crippen molar-refractivity contribution in [2.75, 3.05) is 26.2 Å². The molecular weight excluding hydrogens is 382 g/mol. The zero-order chi connectivity index (χ0) is 21.2. The van der Waals surface area contributed by atoms with E-state index in [9.17, 15) is 5.11 Å². The molecular formula is C27H27N3O. The molecule has 1 heterocycles. The minimum atomic E-state index is 0.0505. The summed E-state index contributed by atoms with van der Waals surface area (Å²) in [5.41, 5.74) is 7.03. The van der Waals surface area contributed by atoms with E-state index in [4.69, 9.17) is 0 Å². The summed E-state index contributed by atoms with van der Waals surface area (Å²) in [5, 5.41) is 19.3. The first kappa shape index (κ1) is 19.6. The molecule has 1 aliphatic heterocycles. The summed E-state index contributed by atoms with van der Waals surface area (Å²) in [6, 6.07) is 23.6. The number of nitrogens with zero attached hydrogens (tertiary/aromatic N) is 2. The second-order valence-corrected chi connectivity index (χ2v) is 8.29. The molecule has 1 saturated heterocycles. The lowest BCUT2D eigenvalue weighted by Gasteiger charge is -2.34. The molecule has 5 rings (SSSR count). The standard InChI is InChI=1S/C27H27N3O/c1-2-8-20-9-7-10-21(27(20)31)19-28-30-17-15-29(16-18-30)26-24-13-5-3-11-22(24)23-12-4-6-14-25(23)26/h2-7,9-14,19,26,31H,1,8,15-18H2/b28-19+. The molecule has 0 amide bonds. The lowest BCUT2D eigenvalue weighted by atomic mass is 10.0. The van der Waals surface area contributed by atoms with Gasteiger partial charge in [0, 0.05) is 11.1 Å². The van der Waals surface area contributed by atoms with Gasteiger partial charge in [0.05, 0.1) is 32.4 Å². The number of para-hydroxylation sites is 1. The third-order valence-electron chi connectivity index (χ3n) is 6.48. The number of fused-ring (bicyclic) bond motifs is 3. The number of rotatable bonds is 5. The van der Waals surface area contributed by atoms with Crippen molar-refractivity contribution >= 4 is 6.21 Å². The Morgan fingerprint density at radius 2 is 1.58 bits per heavy atom. The molecule has 3 aromatic rings. The molecule has 2 aliphatic rings. The third kappa shape index (κ3) is 3.64. The van der Waals surface area contributed by atoms with E-state index in [0.717, 1.165) is 31.7 Å². The molecule has 1 fully saturated rings. The summed E-state index contributed by atoms with van der Waals surface area (Å²) in [6.07, 6.45) is 4.08. The quantitative estimate of drug-likeness (QED) is 0.520. The minimum Gasteiger partial charge on any atom is -0.872 e. The zero-order valence-electron chi connectivity index (χ0n) is 17.6. The molecule has 1 N–H and O–H groups in total. The molecule has 4 heteroatoms. The molecule has 0 radical (unpaired) electrons. The Labute approximate surface area is 183 Å². The van der Waals surface area contributed by atoms with Crippen molar-refractivity contribution in [3.8, 4) is 16.9 Å². The molecule has 0 spiro atoms. The van der Waals surface area contributed by atoms with Crippen LogP contribution in [0.1, 0.15) is 28.3 Å². The molecule has 1 aliphatic carbocycles. The number of hydrazone groups is 1. The number of piperazine rings is 1. The van der Waals surface area contributed by atoms with Crippen LogP contribution in [0.25, 0.3) is 11.1 Å². The summed E-state index contributed by atoms with van der Waals surface area (Å²) in [6.45, 7) is 7.53. The van der Waals surface area contributed by atoms with E-state index in [1.165, 1.54) is 22.3 Å². The van der Waals surface area contributed by atoms with E-state index in [2.05, 4.69) is 65.2 Å². The van der Waals surface area contributed by atoms with Crippen LogP contribution < -0.4 is 10.0 Å². The van der Waals surface area contributed by atoms with Gasteiger partial charge >= 0.3 is 0 Å². The van der Waals surface area contributed by atoms with Crippen molar-refractivity contribution in [3.63, 3.8) is 0 Å². The highest BCUT2D eigenvalue weighted by Gasteiger charge is 2.37. The second kappa shape index (κ2) is 8.40. The van der Waals surface area contributed by atoms with Crippen molar-refractivity contribution in [2.24, 2.45) is 5.10 Å². The average Bonchev–Trinajstić information content (AvgIpc) is 3.15. The number of benzene rings is 3. The second-order valence-electron chi connectivity index (χ2n) is 8.29. The van der Waals surface area contributed by atoms with E-state index in [-0.39, 0.29) is 5.75 Å². The highest BCUT2D eigenvalue weighted by Crippen LogP contribution is 2.41. The monoisotopic (exact) mass is 409 g/mol. The minimum absolute atomic E-state index is 0.0505. The molecule has 31 heavy (non-hydrogen) atoms. The maximum atomic E-state index is 12.5. The summed E-state index contributed by atoms with van der Waals surface area (Å²) in [7, 11) is 0. The maximum Gasteiger partial charge on any atom is 0.140 e. The summed E-state index contributed by atoms with van der Waals surface area (Å²) >= 11 is 0. The molecule has 3 aromatic carbocycles. The van der Waals surface area contributed by atoms with Gasteiger partial charge in [0.2, 0.25) is 0 Å². The maximum absolute atomic E-state index is 12.5. The molecule has 156 valence electrons. The highest BCUT2D eigenvalue weighted by molar-refractivity contribution is 5.83. The summed E-state index contributed by atoms with van der Waals surface area (Å²) < 4.78 is 0. The Morgan fingerprint density at radius 3 is 2.23 bits per heavy atom. The van der Waals surface area contributed by atoms with Gasteiger partial charge in [0.1, 0.15) is 6.04 Å². The van der Waals surface area contributed by atoms with Crippen molar-refractivity contribution in [2.45, 2.75) is 12.5 Å². The van der Waals surface area contributed by atoms with Gasteiger partial charge in [0.25, 0.3) is 0 Å². The lowest BCUT2D eigenvalue weighted by Crippen LogP contribution is -3.14. The average molecular weight is 410 g/mol. The van der Waals surface area contributed by atoms with Gasteiger partial charge in [-0.2, -0.15) is 5.10 Å². The van der Waals surface area contributed by atoms with Crippen LogP contribution in [0.5, 0.6) is 5.75 Å². The first-order valence-corrected chi connectivity index (χ1v) is 11.0. The van der Waals surface area contributed by atoms with Crippen molar-refractivity contribution in [1.82, 2.24) is 5.01 Å². The van der Waals surface area contributed by atoms with Gasteiger partial charge in [-0.25, -0.2) is 0 Å². The van der Waals surface area contributed by atoms with Crippen molar-refractivity contribution in [3.05, 3.63) is 102 Å². The largest absolute Gasteiger partial charge is 0.872 e. The van der Waals surface area contributed by atoms with E-state index in [1.54, 1.807) is 17.2 Å². The van der Waals surface area contributed by atoms with E-state index in [1.807, 2.05) is 18.2 Å². The van der Waals surface area contributed by atoms with Crippen molar-refractivity contribution < 1.29 is 10.0 Å². The van der Waals surface area contributed by atoms with Crippen molar-refractivity contribution in [1.29, 1.82) is 0 Å². The lowest BCUT2D eigenvalue weighted by molar-refractivity contribution is -0.929. The van der Waals surface area contributed by atoms with Crippen LogP contribution in [0, 0.1) is 0 Å². The van der Waals surface area contributed by atoms with Gasteiger partial charge in [0.15, 0.2) is 0 Å². The van der Waals surface area contributed by atoms with E-state index in [0.29, 0.717) is 18.0 Å². The Morgan fingerprint density at radius 1 is 0.935 bits per heavy atom. The van der Waals surface area contributed by atoms with Crippen LogP contribution in [0.2, 0.25) is 0 Å². The Bertz CT molecular complexity index is 1080. The van der Waals surface area contributed by atoms with E-state index >= 15 is 0 Å². The zero-order valence-corrected chi connectivity index (χ0v) is 17.6. The summed E-state index contributed by atoms with van der Waals surface area (Å²) in [5.74, 6) is 0.0505. The third-order valence-corrected chi connectivity index (χ3v) is 6.48. The van der Waals surface area contributed by atoms with Crippen LogP contribution in [-0.2, 0) is 6.42 Å². The fraction of sp³-hybridized carbons (Fsp3) is 0.222. The van der Waals surface area contributed by atoms with Gasteiger partial charge in [-0.15, -0.1) is 6.58 Å². The van der Waals surface area contributed by atoms with Gasteiger partial charge < -0.3 is 10.0 Å². The number of nitrogens with one attached hydrogen (secondary N) is 1. The highest BCUT2D eigenvalue weighted by atomic mass is 16.3. The van der Waals surface area contributed by atoms with Crippen LogP contribution in [0.3, 0.4) is 0 Å². The fourth-order valence-corrected chi connectivity index (χ4v) is 4.95. The molecule has 0 bridgehead atoms. The SMILES string of the molecule is C=CCc1cccc(/C=N/N2CC[NH+](C3c4ccccc4-c4ccccc43)CC2)c1[O-]. The number of allylic oxidation sites excluding steroid dienone is 1. The van der Waals surface area contributed by atoms with Crippen LogP contribution >= 0.6 is 0 Å². The first-order chi connectivity index (χ1) is 15.3. The summed E-state index contributed by atoms with van der Waals surface area (Å²) in [4.78, 5) is 1.58. The molecule has 0 aromatic heterocycles. The Kier molecular flexibility index (Phi) is 5.31. The molecule has 0 atom stereocenters. The number of quaternary nitrogens is 1. The van der Waals surface area contributed by atoms with Crippen LogP contribution in [-0.4, -0.2) is 37.4 Å². The predicted octanol–water partition coefficient (Wildman–Crippen LogP) is 2.79. The Balaban J connectivity index is 1.30. The number of hydrogen-bond donors (Lipinski definition) is 1. The molecule has 0 unspecified atom stereocenters. The topological polar surface area (TPSA) is 43.1 Å². The fourth-order valence-electron chi connectivity index (χ4n) is 4.95. The molecule has 0 saturated carbocycles. The normalized spacial score (nSPS) is 16.5. The smallest absolute Gasteiger partial charge is 0.140 e. The molecule has 4 nitrogen and oxygen atoms in total. The first-order valence-electron chi connectivity index (χ1n) is 11.0. The van der Waals surface area contributed by atoms with Gasteiger partial charge in [-0.3, -0.25) is 5.01 Å². The van der Waals surface area contributed by atoms with Gasteiger partial charge in [-0.05, 0) is 23.1 Å². The Hall–Kier alpha value is -3.37. The van der Waals surface area contributed by atoms with E-state index < -0.39 is 0 Å². The number of hydrogen-bond acceptors (Lipinski definition) is 3. The van der Waals surface area contributed by atoms with Crippen LogP contribution in [0.15, 0.2) is 84.5 Å². The van der Waals surface area contributed by atoms with Gasteiger partial charge in [-0.1, -0.05) is 84.1 Å². The van der Waals surface area contributed by atoms with Crippen LogP contribution in [0.4, 0.5) is 0 Å².